The lowest BCUT2D eigenvalue weighted by Gasteiger charge is -2.31. The molecular weight excluding hydrogens is 398 g/mol. The Labute approximate surface area is 171 Å². The number of carbonyl (C=O) groups excluding carboxylic acids is 1. The van der Waals surface area contributed by atoms with Gasteiger partial charge in [-0.05, 0) is 37.7 Å². The van der Waals surface area contributed by atoms with Crippen LogP contribution >= 0.6 is 11.6 Å². The number of piperazine rings is 1. The van der Waals surface area contributed by atoms with Gasteiger partial charge in [0.15, 0.2) is 0 Å². The van der Waals surface area contributed by atoms with Crippen molar-refractivity contribution in [3.63, 3.8) is 0 Å². The van der Waals surface area contributed by atoms with Crippen LogP contribution in [-0.4, -0.2) is 56.8 Å². The van der Waals surface area contributed by atoms with E-state index < -0.39 is 15.9 Å². The first-order chi connectivity index (χ1) is 13.3. The maximum Gasteiger partial charge on any atom is 0.253 e. The van der Waals surface area contributed by atoms with Gasteiger partial charge in [-0.15, -0.1) is 0 Å². The van der Waals surface area contributed by atoms with Crippen LogP contribution in [0.5, 0.6) is 0 Å². The summed E-state index contributed by atoms with van der Waals surface area (Å²) < 4.78 is 27.4. The number of hydrogen-bond donors (Lipinski definition) is 1. The van der Waals surface area contributed by atoms with Gasteiger partial charge in [0, 0.05) is 26.2 Å². The number of carbonyl (C=O) groups is 1. The minimum atomic E-state index is -3.67. The van der Waals surface area contributed by atoms with E-state index in [9.17, 15) is 13.2 Å². The van der Waals surface area contributed by atoms with Crippen LogP contribution in [0.1, 0.15) is 28.9 Å². The van der Waals surface area contributed by atoms with Crippen LogP contribution in [0.15, 0.2) is 53.4 Å². The Morgan fingerprint density at radius 1 is 1.07 bits per heavy atom. The van der Waals surface area contributed by atoms with Crippen LogP contribution in [0.2, 0.25) is 5.02 Å². The lowest BCUT2D eigenvalue weighted by Crippen LogP contribution is -2.47. The van der Waals surface area contributed by atoms with Crippen molar-refractivity contribution in [2.24, 2.45) is 0 Å². The maximum absolute atomic E-state index is 13.0. The van der Waals surface area contributed by atoms with E-state index in [-0.39, 0.29) is 21.5 Å². The fraction of sp³-hybridized carbons (Fsp3) is 0.350. The van der Waals surface area contributed by atoms with E-state index in [0.717, 1.165) is 5.56 Å². The second-order valence-corrected chi connectivity index (χ2v) is 9.30. The van der Waals surface area contributed by atoms with Crippen molar-refractivity contribution in [3.8, 4) is 0 Å². The highest BCUT2D eigenvalue weighted by Crippen LogP contribution is 2.24. The van der Waals surface area contributed by atoms with Gasteiger partial charge in [0.2, 0.25) is 10.0 Å². The molecule has 1 atom stereocenters. The Morgan fingerprint density at radius 2 is 1.71 bits per heavy atom. The van der Waals surface area contributed by atoms with E-state index in [0.29, 0.717) is 26.2 Å². The maximum atomic E-state index is 13.0. The zero-order valence-corrected chi connectivity index (χ0v) is 17.5. The Hall–Kier alpha value is -1.93. The van der Waals surface area contributed by atoms with Gasteiger partial charge in [-0.2, -0.15) is 4.31 Å². The van der Waals surface area contributed by atoms with Crippen LogP contribution in [0, 0.1) is 0 Å². The highest BCUT2D eigenvalue weighted by molar-refractivity contribution is 7.89. The molecule has 1 N–H and O–H groups in total. The second kappa shape index (κ2) is 8.61. The molecule has 1 saturated heterocycles. The average molecular weight is 422 g/mol. The van der Waals surface area contributed by atoms with E-state index in [4.69, 9.17) is 11.6 Å². The summed E-state index contributed by atoms with van der Waals surface area (Å²) in [5.41, 5.74) is 1.10. The first-order valence-corrected chi connectivity index (χ1v) is 10.9. The van der Waals surface area contributed by atoms with Crippen LogP contribution in [0.4, 0.5) is 0 Å². The van der Waals surface area contributed by atoms with Gasteiger partial charge in [0.1, 0.15) is 0 Å². The lowest BCUT2D eigenvalue weighted by molar-refractivity contribution is 0.0940. The molecule has 0 aromatic heterocycles. The quantitative estimate of drug-likeness (QED) is 0.805. The van der Waals surface area contributed by atoms with Crippen LogP contribution in [-0.2, 0) is 10.0 Å². The van der Waals surface area contributed by atoms with E-state index in [2.05, 4.69) is 10.2 Å². The fourth-order valence-electron chi connectivity index (χ4n) is 3.12. The predicted molar refractivity (Wildman–Crippen MR) is 110 cm³/mol. The van der Waals surface area contributed by atoms with Crippen LogP contribution in [0.3, 0.4) is 0 Å². The van der Waals surface area contributed by atoms with Crippen molar-refractivity contribution < 1.29 is 13.2 Å². The van der Waals surface area contributed by atoms with Crippen molar-refractivity contribution in [2.45, 2.75) is 17.9 Å². The molecule has 2 aromatic rings. The Bertz CT molecular complexity index is 942. The summed E-state index contributed by atoms with van der Waals surface area (Å²) >= 11 is 6.20. The molecule has 150 valence electrons. The molecule has 6 nitrogen and oxygen atoms in total. The Morgan fingerprint density at radius 3 is 2.36 bits per heavy atom. The summed E-state index contributed by atoms with van der Waals surface area (Å²) in [5, 5.41) is 3.10. The fourth-order valence-corrected chi connectivity index (χ4v) is 4.77. The van der Waals surface area contributed by atoms with Crippen LogP contribution in [0.25, 0.3) is 0 Å². The van der Waals surface area contributed by atoms with Crippen molar-refractivity contribution >= 4 is 27.5 Å². The minimum absolute atomic E-state index is 0.0824. The molecule has 0 spiro atoms. The number of nitrogens with zero attached hydrogens (tertiary/aromatic N) is 2. The van der Waals surface area contributed by atoms with Gasteiger partial charge in [0.05, 0.1) is 21.5 Å². The third-order valence-electron chi connectivity index (χ3n) is 4.93. The number of rotatable bonds is 5. The highest BCUT2D eigenvalue weighted by atomic mass is 35.5. The minimum Gasteiger partial charge on any atom is -0.345 e. The smallest absolute Gasteiger partial charge is 0.253 e. The molecule has 1 fully saturated rings. The normalized spacial score (nSPS) is 17.2. The van der Waals surface area contributed by atoms with Crippen LogP contribution < -0.4 is 5.32 Å². The van der Waals surface area contributed by atoms with E-state index >= 15 is 0 Å². The average Bonchev–Trinajstić information content (AvgIpc) is 2.69. The number of hydrogen-bond acceptors (Lipinski definition) is 4. The molecule has 0 radical (unpaired) electrons. The molecule has 0 aliphatic carbocycles. The third-order valence-corrected chi connectivity index (χ3v) is 7.15. The molecule has 1 heterocycles. The standard InChI is InChI=1S/C20H24ClN3O3S/c1-15(16-6-4-3-5-7-16)22-20(25)18-14-17(8-9-19(18)21)28(26,27)24-12-10-23(2)11-13-24/h3-9,14-15H,10-13H2,1-2H3,(H,22,25). The molecule has 28 heavy (non-hydrogen) atoms. The first kappa shape index (κ1) is 20.8. The molecular formula is C20H24ClN3O3S. The van der Waals surface area contributed by atoms with Gasteiger partial charge in [0.25, 0.3) is 5.91 Å². The van der Waals surface area contributed by atoms with Crippen molar-refractivity contribution in [1.29, 1.82) is 0 Å². The molecule has 8 heteroatoms. The number of amides is 1. The number of likely N-dealkylation sites (N-methyl/N-ethyl adjacent to an activating group) is 1. The monoisotopic (exact) mass is 421 g/mol. The van der Waals surface area contributed by atoms with Crippen molar-refractivity contribution in [1.82, 2.24) is 14.5 Å². The second-order valence-electron chi connectivity index (χ2n) is 6.95. The molecule has 1 aliphatic heterocycles. The number of benzene rings is 2. The molecule has 1 unspecified atom stereocenters. The Balaban J connectivity index is 1.82. The molecule has 1 amide bonds. The first-order valence-electron chi connectivity index (χ1n) is 9.13. The molecule has 0 saturated carbocycles. The highest BCUT2D eigenvalue weighted by Gasteiger charge is 2.28. The third kappa shape index (κ3) is 4.55. The molecule has 2 aromatic carbocycles. The summed E-state index contributed by atoms with van der Waals surface area (Å²) in [6.45, 7) is 4.07. The van der Waals surface area contributed by atoms with Crippen molar-refractivity contribution in [2.75, 3.05) is 33.2 Å². The van der Waals surface area contributed by atoms with Gasteiger partial charge in [-0.1, -0.05) is 41.9 Å². The number of sulfonamides is 1. The van der Waals surface area contributed by atoms with Crippen molar-refractivity contribution in [3.05, 3.63) is 64.7 Å². The topological polar surface area (TPSA) is 69.7 Å². The predicted octanol–water partition coefficient (Wildman–Crippen LogP) is 2.77. The van der Waals surface area contributed by atoms with Gasteiger partial charge in [-0.3, -0.25) is 4.79 Å². The lowest BCUT2D eigenvalue weighted by atomic mass is 10.1. The SMILES string of the molecule is CC(NC(=O)c1cc(S(=O)(=O)N2CCN(C)CC2)ccc1Cl)c1ccccc1. The number of nitrogens with one attached hydrogen (secondary N) is 1. The van der Waals surface area contributed by atoms with Gasteiger partial charge < -0.3 is 10.2 Å². The largest absolute Gasteiger partial charge is 0.345 e. The van der Waals surface area contributed by atoms with Gasteiger partial charge >= 0.3 is 0 Å². The zero-order valence-electron chi connectivity index (χ0n) is 15.9. The van der Waals surface area contributed by atoms with E-state index in [1.807, 2.05) is 44.3 Å². The zero-order chi connectivity index (χ0) is 20.3. The molecule has 0 bridgehead atoms. The molecule has 1 aliphatic rings. The summed E-state index contributed by atoms with van der Waals surface area (Å²) in [6, 6.07) is 13.6. The molecule has 3 rings (SSSR count). The summed E-state index contributed by atoms with van der Waals surface area (Å²) in [4.78, 5) is 14.9. The Kier molecular flexibility index (Phi) is 6.40. The van der Waals surface area contributed by atoms with E-state index in [1.165, 1.54) is 22.5 Å². The summed E-state index contributed by atoms with van der Waals surface area (Å²) in [6.07, 6.45) is 0. The number of halogens is 1. The summed E-state index contributed by atoms with van der Waals surface area (Å²) in [5.74, 6) is -0.406. The summed E-state index contributed by atoms with van der Waals surface area (Å²) in [7, 11) is -1.71. The van der Waals surface area contributed by atoms with Gasteiger partial charge in [-0.25, -0.2) is 8.42 Å². The van der Waals surface area contributed by atoms with E-state index in [1.54, 1.807) is 0 Å².